The maximum absolute atomic E-state index is 13.0. The second-order valence-electron chi connectivity index (χ2n) is 9.61. The molecular formula is C32H27Cl2NO5. The van der Waals surface area contributed by atoms with Gasteiger partial charge in [-0.05, 0) is 71.1 Å². The first-order valence-corrected chi connectivity index (χ1v) is 13.4. The molecule has 3 N–H and O–H groups in total. The van der Waals surface area contributed by atoms with Crippen LogP contribution in [0.3, 0.4) is 0 Å². The largest absolute Gasteiger partial charge is 0.478 e. The van der Waals surface area contributed by atoms with Crippen LogP contribution in [0.1, 0.15) is 44.3 Å². The molecule has 1 amide bonds. The van der Waals surface area contributed by atoms with Gasteiger partial charge in [0.2, 0.25) is 5.91 Å². The minimum atomic E-state index is -1.37. The molecule has 4 aromatic carbocycles. The number of aromatic carboxylic acids is 2. The number of hydrogen-bond donors (Lipinski definition) is 3. The molecule has 6 nitrogen and oxygen atoms in total. The average molecular weight is 576 g/mol. The molecule has 0 radical (unpaired) electrons. The molecule has 0 heterocycles. The van der Waals surface area contributed by atoms with E-state index in [4.69, 9.17) is 23.2 Å². The first-order chi connectivity index (χ1) is 19.1. The number of rotatable bonds is 10. The van der Waals surface area contributed by atoms with Crippen LogP contribution in [0.4, 0.5) is 0 Å². The first-order valence-electron chi connectivity index (χ1n) is 12.6. The van der Waals surface area contributed by atoms with E-state index in [2.05, 4.69) is 35.7 Å². The summed E-state index contributed by atoms with van der Waals surface area (Å²) in [6.45, 7) is 1.90. The van der Waals surface area contributed by atoms with Gasteiger partial charge in [0.05, 0.1) is 27.6 Å². The molecule has 0 saturated carbocycles. The molecule has 4 aromatic rings. The number of amides is 1. The van der Waals surface area contributed by atoms with E-state index >= 15 is 0 Å². The van der Waals surface area contributed by atoms with Crippen LogP contribution in [0, 0.1) is 5.92 Å². The lowest BCUT2D eigenvalue weighted by atomic mass is 9.91. The summed E-state index contributed by atoms with van der Waals surface area (Å²) in [6, 6.07) is 23.4. The van der Waals surface area contributed by atoms with Crippen molar-refractivity contribution in [2.75, 3.05) is 0 Å². The van der Waals surface area contributed by atoms with Gasteiger partial charge >= 0.3 is 11.9 Å². The summed E-state index contributed by atoms with van der Waals surface area (Å²) >= 11 is 12.3. The number of halogens is 2. The van der Waals surface area contributed by atoms with Crippen LogP contribution < -0.4 is 5.32 Å². The summed E-state index contributed by atoms with van der Waals surface area (Å²) in [5.74, 6) is -3.14. The Kier molecular flexibility index (Phi) is 9.25. The number of carboxylic acids is 2. The molecule has 2 atom stereocenters. The predicted molar refractivity (Wildman–Crippen MR) is 158 cm³/mol. The second kappa shape index (κ2) is 12.8. The molecule has 4 rings (SSSR count). The normalized spacial score (nSPS) is 12.8. The highest BCUT2D eigenvalue weighted by Gasteiger charge is 2.20. The van der Waals surface area contributed by atoms with E-state index in [1.54, 1.807) is 6.07 Å². The third kappa shape index (κ3) is 7.29. The van der Waals surface area contributed by atoms with Crippen LogP contribution in [0.2, 0.25) is 10.0 Å². The molecule has 0 fully saturated rings. The van der Waals surface area contributed by atoms with Gasteiger partial charge in [-0.25, -0.2) is 9.59 Å². The lowest BCUT2D eigenvalue weighted by Gasteiger charge is -2.23. The number of nitrogens with one attached hydrogen (secondary N) is 1. The number of benzene rings is 4. The fourth-order valence-corrected chi connectivity index (χ4v) is 4.88. The SMILES string of the molecule is C[C@H](NC(=O)Cc1ccc(C(=O)O)c(C(=O)O)c1)[C@H](/C=C/c1ccc2ccccc2c1)Cc1ccc(Cl)c(Cl)c1. The fraction of sp³-hybridized carbons (Fsp3) is 0.156. The molecule has 0 aromatic heterocycles. The highest BCUT2D eigenvalue weighted by molar-refractivity contribution is 6.42. The molecule has 0 saturated heterocycles. The first kappa shape index (κ1) is 28.9. The summed E-state index contributed by atoms with van der Waals surface area (Å²) in [4.78, 5) is 35.8. The number of carboxylic acid groups (broad SMARTS) is 2. The zero-order valence-electron chi connectivity index (χ0n) is 21.6. The van der Waals surface area contributed by atoms with E-state index < -0.39 is 11.9 Å². The predicted octanol–water partition coefficient (Wildman–Crippen LogP) is 7.16. The highest BCUT2D eigenvalue weighted by atomic mass is 35.5. The Hall–Kier alpha value is -4.13. The van der Waals surface area contributed by atoms with Crippen molar-refractivity contribution in [2.45, 2.75) is 25.8 Å². The maximum Gasteiger partial charge on any atom is 0.336 e. The van der Waals surface area contributed by atoms with Crippen molar-refractivity contribution >= 4 is 57.9 Å². The van der Waals surface area contributed by atoms with Gasteiger partial charge < -0.3 is 15.5 Å². The molecule has 0 unspecified atom stereocenters. The zero-order chi connectivity index (χ0) is 28.8. The number of fused-ring (bicyclic) bond motifs is 1. The third-order valence-electron chi connectivity index (χ3n) is 6.71. The van der Waals surface area contributed by atoms with Crippen molar-refractivity contribution in [3.63, 3.8) is 0 Å². The molecule has 0 aliphatic carbocycles. The van der Waals surface area contributed by atoms with Crippen molar-refractivity contribution in [3.05, 3.63) is 123 Å². The number of hydrogen-bond acceptors (Lipinski definition) is 3. The van der Waals surface area contributed by atoms with Gasteiger partial charge in [-0.3, -0.25) is 4.79 Å². The van der Waals surface area contributed by atoms with Crippen LogP contribution in [-0.2, 0) is 17.6 Å². The van der Waals surface area contributed by atoms with E-state index in [1.165, 1.54) is 18.2 Å². The van der Waals surface area contributed by atoms with Crippen molar-refractivity contribution < 1.29 is 24.6 Å². The summed E-state index contributed by atoms with van der Waals surface area (Å²) in [5, 5.41) is 24.8. The van der Waals surface area contributed by atoms with Crippen LogP contribution >= 0.6 is 23.2 Å². The summed E-state index contributed by atoms with van der Waals surface area (Å²) in [7, 11) is 0. The topological polar surface area (TPSA) is 104 Å². The molecule has 0 aliphatic heterocycles. The van der Waals surface area contributed by atoms with E-state index in [-0.39, 0.29) is 35.4 Å². The van der Waals surface area contributed by atoms with Gasteiger partial charge in [-0.15, -0.1) is 0 Å². The second-order valence-corrected chi connectivity index (χ2v) is 10.4. The van der Waals surface area contributed by atoms with Crippen molar-refractivity contribution in [2.24, 2.45) is 5.92 Å². The van der Waals surface area contributed by atoms with Gasteiger partial charge in [0.15, 0.2) is 0 Å². The quantitative estimate of drug-likeness (QED) is 0.186. The maximum atomic E-state index is 13.0. The lowest BCUT2D eigenvalue weighted by Crippen LogP contribution is -2.39. The Morgan fingerprint density at radius 1 is 0.800 bits per heavy atom. The minimum Gasteiger partial charge on any atom is -0.478 e. The molecular weight excluding hydrogens is 549 g/mol. The van der Waals surface area contributed by atoms with Crippen LogP contribution in [0.25, 0.3) is 16.8 Å². The van der Waals surface area contributed by atoms with Gasteiger partial charge in [-0.2, -0.15) is 0 Å². The van der Waals surface area contributed by atoms with Crippen LogP contribution in [0.5, 0.6) is 0 Å². The Labute approximate surface area is 241 Å². The average Bonchev–Trinajstić information content (AvgIpc) is 2.92. The van der Waals surface area contributed by atoms with Crippen LogP contribution in [0.15, 0.2) is 84.9 Å². The van der Waals surface area contributed by atoms with Crippen molar-refractivity contribution in [1.29, 1.82) is 0 Å². The highest BCUT2D eigenvalue weighted by Crippen LogP contribution is 2.26. The summed E-state index contributed by atoms with van der Waals surface area (Å²) in [6.07, 6.45) is 4.57. The van der Waals surface area contributed by atoms with Gasteiger partial charge in [0.25, 0.3) is 0 Å². The van der Waals surface area contributed by atoms with Crippen molar-refractivity contribution in [3.8, 4) is 0 Å². The monoisotopic (exact) mass is 575 g/mol. The number of carbonyl (C=O) groups excluding carboxylic acids is 1. The Morgan fingerprint density at radius 2 is 1.50 bits per heavy atom. The van der Waals surface area contributed by atoms with Crippen LogP contribution in [-0.4, -0.2) is 34.1 Å². The lowest BCUT2D eigenvalue weighted by molar-refractivity contribution is -0.121. The summed E-state index contributed by atoms with van der Waals surface area (Å²) in [5.41, 5.74) is 1.70. The van der Waals surface area contributed by atoms with Gasteiger partial charge in [0.1, 0.15) is 0 Å². The summed E-state index contributed by atoms with van der Waals surface area (Å²) < 4.78 is 0. The van der Waals surface area contributed by atoms with E-state index in [0.717, 1.165) is 21.9 Å². The standard InChI is InChI=1S/C32H27Cl2NO5/c1-19(35-30(36)18-22-8-12-26(31(37)38)27(16-22)32(39)40)24(15-21-9-13-28(33)29(34)17-21)11-7-20-6-10-23-4-2-3-5-25(23)14-20/h2-14,16-17,19,24H,15,18H2,1H3,(H,35,36)(H,37,38)(H,39,40)/b11-7+/t19-,24+/m0/s1. The molecule has 0 aliphatic rings. The van der Waals surface area contributed by atoms with Crippen molar-refractivity contribution in [1.82, 2.24) is 5.32 Å². The van der Waals surface area contributed by atoms with E-state index in [9.17, 15) is 24.6 Å². The third-order valence-corrected chi connectivity index (χ3v) is 7.44. The smallest absolute Gasteiger partial charge is 0.336 e. The molecule has 0 bridgehead atoms. The fourth-order valence-electron chi connectivity index (χ4n) is 4.56. The molecule has 204 valence electrons. The zero-order valence-corrected chi connectivity index (χ0v) is 23.1. The van der Waals surface area contributed by atoms with E-state index in [1.807, 2.05) is 43.3 Å². The molecule has 40 heavy (non-hydrogen) atoms. The van der Waals surface area contributed by atoms with Gasteiger partial charge in [0, 0.05) is 12.0 Å². The Balaban J connectivity index is 1.54. The van der Waals surface area contributed by atoms with Gasteiger partial charge in [-0.1, -0.05) is 83.9 Å². The Bertz CT molecular complexity index is 1610. The Morgan fingerprint density at radius 3 is 2.20 bits per heavy atom. The minimum absolute atomic E-state index is 0.0988. The number of carbonyl (C=O) groups is 3. The van der Waals surface area contributed by atoms with E-state index in [0.29, 0.717) is 22.0 Å². The molecule has 8 heteroatoms. The molecule has 0 spiro atoms.